The van der Waals surface area contributed by atoms with Crippen molar-refractivity contribution in [2.24, 2.45) is 5.16 Å². The van der Waals surface area contributed by atoms with Gasteiger partial charge >= 0.3 is 6.18 Å². The van der Waals surface area contributed by atoms with Crippen molar-refractivity contribution < 1.29 is 18.0 Å². The van der Waals surface area contributed by atoms with E-state index >= 15 is 0 Å². The summed E-state index contributed by atoms with van der Waals surface area (Å²) >= 11 is 1.53. The molecule has 4 rings (SSSR count). The van der Waals surface area contributed by atoms with Crippen molar-refractivity contribution in [1.82, 2.24) is 15.0 Å². The first-order valence-corrected chi connectivity index (χ1v) is 10.4. The van der Waals surface area contributed by atoms with E-state index in [9.17, 15) is 13.2 Å². The van der Waals surface area contributed by atoms with Gasteiger partial charge in [0.05, 0.1) is 28.4 Å². The van der Waals surface area contributed by atoms with Gasteiger partial charge in [-0.2, -0.15) is 13.2 Å². The third kappa shape index (κ3) is 4.67. The second-order valence-electron chi connectivity index (χ2n) is 6.97. The monoisotopic (exact) mass is 432 g/mol. The van der Waals surface area contributed by atoms with Crippen LogP contribution >= 0.6 is 11.3 Å². The van der Waals surface area contributed by atoms with E-state index in [4.69, 9.17) is 9.82 Å². The van der Waals surface area contributed by atoms with Crippen molar-refractivity contribution in [3.8, 4) is 21.1 Å². The number of rotatable bonds is 5. The Kier molecular flexibility index (Phi) is 5.80. The van der Waals surface area contributed by atoms with Gasteiger partial charge in [0.25, 0.3) is 0 Å². The number of pyridine rings is 2. The summed E-state index contributed by atoms with van der Waals surface area (Å²) in [5.41, 5.74) is 4.88. The zero-order valence-corrected chi connectivity index (χ0v) is 17.1. The first kappa shape index (κ1) is 20.5. The van der Waals surface area contributed by atoms with Crippen LogP contribution in [-0.2, 0) is 11.3 Å². The Balaban J connectivity index is 1.61. The Morgan fingerprint density at radius 1 is 1.17 bits per heavy atom. The number of hydrogen-bond acceptors (Lipinski definition) is 6. The molecule has 3 heterocycles. The molecule has 156 valence electrons. The van der Waals surface area contributed by atoms with E-state index in [-0.39, 0.29) is 0 Å². The molecule has 0 bridgehead atoms. The fourth-order valence-corrected chi connectivity index (χ4v) is 4.28. The van der Waals surface area contributed by atoms with Crippen LogP contribution in [0.2, 0.25) is 0 Å². The van der Waals surface area contributed by atoms with Crippen molar-refractivity contribution in [3.05, 3.63) is 53.6 Å². The molecule has 0 radical (unpaired) electrons. The minimum absolute atomic E-state index is 0.496. The van der Waals surface area contributed by atoms with Gasteiger partial charge in [0.15, 0.2) is 0 Å². The molecule has 5 nitrogen and oxygen atoms in total. The van der Waals surface area contributed by atoms with Gasteiger partial charge in [-0.1, -0.05) is 11.2 Å². The Morgan fingerprint density at radius 3 is 2.80 bits per heavy atom. The van der Waals surface area contributed by atoms with Crippen LogP contribution in [-0.4, -0.2) is 33.4 Å². The lowest BCUT2D eigenvalue weighted by atomic mass is 9.94. The van der Waals surface area contributed by atoms with Crippen LogP contribution in [0.3, 0.4) is 0 Å². The van der Waals surface area contributed by atoms with Gasteiger partial charge in [0, 0.05) is 18.0 Å². The molecule has 0 unspecified atom stereocenters. The Hall–Kier alpha value is -2.81. The molecule has 1 aliphatic rings. The average molecular weight is 432 g/mol. The van der Waals surface area contributed by atoms with Gasteiger partial charge in [-0.05, 0) is 49.9 Å². The van der Waals surface area contributed by atoms with E-state index in [0.717, 1.165) is 45.2 Å². The molecule has 30 heavy (non-hydrogen) atoms. The number of aryl methyl sites for hydroxylation is 2. The highest BCUT2D eigenvalue weighted by Gasteiger charge is 2.27. The summed E-state index contributed by atoms with van der Waals surface area (Å²) in [4.78, 5) is 19.5. The Morgan fingerprint density at radius 2 is 2.03 bits per heavy atom. The number of hydrogen-bond donors (Lipinski definition) is 0. The number of alkyl halides is 3. The van der Waals surface area contributed by atoms with Crippen LogP contribution in [0, 0.1) is 6.92 Å². The van der Waals surface area contributed by atoms with Crippen LogP contribution in [0.5, 0.6) is 0 Å². The second kappa shape index (κ2) is 8.51. The normalized spacial score (nSPS) is 15.3. The van der Waals surface area contributed by atoms with Crippen molar-refractivity contribution in [2.45, 2.75) is 38.8 Å². The highest BCUT2D eigenvalue weighted by molar-refractivity contribution is 7.18. The van der Waals surface area contributed by atoms with Crippen molar-refractivity contribution in [3.63, 3.8) is 0 Å². The quantitative estimate of drug-likeness (QED) is 0.390. The molecule has 3 aromatic rings. The summed E-state index contributed by atoms with van der Waals surface area (Å²) in [6, 6.07) is 7.79. The maximum absolute atomic E-state index is 12.3. The number of thiazole rings is 1. The van der Waals surface area contributed by atoms with E-state index in [0.29, 0.717) is 17.8 Å². The zero-order chi connectivity index (χ0) is 21.1. The smallest absolute Gasteiger partial charge is 0.392 e. The lowest BCUT2D eigenvalue weighted by Crippen LogP contribution is -2.16. The fourth-order valence-electron chi connectivity index (χ4n) is 3.25. The van der Waals surface area contributed by atoms with Gasteiger partial charge in [-0.25, -0.2) is 9.97 Å². The number of nitrogens with zero attached hydrogens (tertiary/aromatic N) is 4. The van der Waals surface area contributed by atoms with Crippen molar-refractivity contribution in [2.75, 3.05) is 6.61 Å². The van der Waals surface area contributed by atoms with Crippen LogP contribution in [0.15, 0.2) is 41.8 Å². The van der Waals surface area contributed by atoms with E-state index < -0.39 is 19.2 Å². The van der Waals surface area contributed by atoms with E-state index in [1.165, 1.54) is 11.3 Å². The second-order valence-corrected chi connectivity index (χ2v) is 7.97. The number of halogens is 3. The van der Waals surface area contributed by atoms with Gasteiger partial charge in [-0.15, -0.1) is 11.3 Å². The topological polar surface area (TPSA) is 60.3 Å². The number of oxime groups is 1. The number of aromatic nitrogens is 3. The largest absolute Gasteiger partial charge is 0.395 e. The molecule has 9 heteroatoms. The molecule has 0 saturated carbocycles. The van der Waals surface area contributed by atoms with Crippen molar-refractivity contribution >= 4 is 17.0 Å². The minimum atomic E-state index is -4.26. The molecular formula is C21H19F3N4OS. The molecule has 1 aliphatic carbocycles. The molecular weight excluding hydrogens is 413 g/mol. The summed E-state index contributed by atoms with van der Waals surface area (Å²) in [7, 11) is 0. The van der Waals surface area contributed by atoms with Crippen LogP contribution < -0.4 is 0 Å². The van der Waals surface area contributed by atoms with E-state index in [2.05, 4.69) is 15.1 Å². The molecule has 0 saturated heterocycles. The van der Waals surface area contributed by atoms with E-state index in [1.807, 2.05) is 31.2 Å². The summed E-state index contributed by atoms with van der Waals surface area (Å²) < 4.78 is 36.9. The molecule has 0 N–H and O–H groups in total. The highest BCUT2D eigenvalue weighted by Crippen LogP contribution is 2.35. The minimum Gasteiger partial charge on any atom is -0.395 e. The molecule has 0 aliphatic heterocycles. The first-order chi connectivity index (χ1) is 14.4. The predicted octanol–water partition coefficient (Wildman–Crippen LogP) is 5.58. The summed E-state index contributed by atoms with van der Waals surface area (Å²) in [6.07, 6.45) is 0.539. The first-order valence-electron chi connectivity index (χ1n) is 9.55. The standard InChI is InChI=1S/C21H19F3N4OS/c1-13-19(30-20(26-13)15-5-3-10-25-12-15)17-8-7-14-4-2-6-16(18(14)27-17)28-29-11-9-21(22,23)24/h3,5,7-8,10,12H,2,4,6,9,11H2,1H3/b28-16+. The average Bonchev–Trinajstić information content (AvgIpc) is 3.12. The molecule has 0 spiro atoms. The Labute approximate surface area is 175 Å². The van der Waals surface area contributed by atoms with Gasteiger partial charge in [-0.3, -0.25) is 4.98 Å². The predicted molar refractivity (Wildman–Crippen MR) is 109 cm³/mol. The molecule has 3 aromatic heterocycles. The zero-order valence-electron chi connectivity index (χ0n) is 16.2. The third-order valence-corrected chi connectivity index (χ3v) is 5.93. The van der Waals surface area contributed by atoms with Crippen molar-refractivity contribution in [1.29, 1.82) is 0 Å². The lowest BCUT2D eigenvalue weighted by Gasteiger charge is -2.17. The molecule has 0 aromatic carbocycles. The van der Waals surface area contributed by atoms with Gasteiger partial charge < -0.3 is 4.84 Å². The SMILES string of the molecule is Cc1nc(-c2cccnc2)sc1-c1ccc2c(n1)/C(=N/OCCC(F)(F)F)CCC2. The van der Waals surface area contributed by atoms with Crippen LogP contribution in [0.1, 0.15) is 36.2 Å². The summed E-state index contributed by atoms with van der Waals surface area (Å²) in [5.74, 6) is 0. The summed E-state index contributed by atoms with van der Waals surface area (Å²) in [5, 5.41) is 4.83. The summed E-state index contributed by atoms with van der Waals surface area (Å²) in [6.45, 7) is 1.44. The highest BCUT2D eigenvalue weighted by atomic mass is 32.1. The molecule has 0 amide bonds. The lowest BCUT2D eigenvalue weighted by molar-refractivity contribution is -0.145. The maximum Gasteiger partial charge on any atom is 0.392 e. The Bertz CT molecular complexity index is 1060. The van der Waals surface area contributed by atoms with Gasteiger partial charge in [0.2, 0.25) is 0 Å². The van der Waals surface area contributed by atoms with Crippen LogP contribution in [0.25, 0.3) is 21.1 Å². The third-order valence-electron chi connectivity index (χ3n) is 4.70. The number of fused-ring (bicyclic) bond motifs is 1. The van der Waals surface area contributed by atoms with E-state index in [1.54, 1.807) is 12.4 Å². The fraction of sp³-hybridized carbons (Fsp3) is 0.333. The van der Waals surface area contributed by atoms with Gasteiger partial charge in [0.1, 0.15) is 17.3 Å². The molecule has 0 atom stereocenters. The maximum atomic E-state index is 12.3. The molecule has 0 fully saturated rings. The van der Waals surface area contributed by atoms with Crippen LogP contribution in [0.4, 0.5) is 13.2 Å².